The summed E-state index contributed by atoms with van der Waals surface area (Å²) >= 11 is 11.0. The van der Waals surface area contributed by atoms with E-state index in [0.29, 0.717) is 16.1 Å². The quantitative estimate of drug-likeness (QED) is 0.439. The molecule has 7 heteroatoms. The zero-order valence-corrected chi connectivity index (χ0v) is 14.9. The van der Waals surface area contributed by atoms with Gasteiger partial charge in [-0.1, -0.05) is 47.5 Å². The summed E-state index contributed by atoms with van der Waals surface area (Å²) in [5, 5.41) is 2.95. The van der Waals surface area contributed by atoms with Gasteiger partial charge >= 0.3 is 0 Å². The normalized spacial score (nSPS) is 10.3. The fourth-order valence-electron chi connectivity index (χ4n) is 1.93. The number of benzene rings is 2. The monoisotopic (exact) mass is 373 g/mol. The minimum Gasteiger partial charge on any atom is -0.298 e. The lowest BCUT2D eigenvalue weighted by molar-refractivity contribution is -0.115. The first-order valence-corrected chi connectivity index (χ1v) is 8.15. The Bertz CT molecular complexity index is 837. The van der Waals surface area contributed by atoms with E-state index in [4.69, 9.17) is 23.8 Å². The highest BCUT2D eigenvalue weighted by atomic mass is 35.5. The van der Waals surface area contributed by atoms with Crippen LogP contribution in [0.4, 0.5) is 0 Å². The van der Waals surface area contributed by atoms with Crippen LogP contribution in [-0.2, 0) is 4.79 Å². The van der Waals surface area contributed by atoms with Gasteiger partial charge in [0.1, 0.15) is 0 Å². The molecule has 0 radical (unpaired) electrons. The van der Waals surface area contributed by atoms with E-state index >= 15 is 0 Å². The maximum atomic E-state index is 12.0. The molecule has 0 atom stereocenters. The van der Waals surface area contributed by atoms with Crippen molar-refractivity contribution < 1.29 is 9.59 Å². The van der Waals surface area contributed by atoms with E-state index in [2.05, 4.69) is 16.2 Å². The van der Waals surface area contributed by atoms with Gasteiger partial charge < -0.3 is 0 Å². The van der Waals surface area contributed by atoms with Crippen LogP contribution in [0.2, 0.25) is 5.02 Å². The van der Waals surface area contributed by atoms with Gasteiger partial charge in [-0.05, 0) is 49.0 Å². The van der Waals surface area contributed by atoms with Gasteiger partial charge in [-0.15, -0.1) is 0 Å². The Kier molecular flexibility index (Phi) is 6.68. The summed E-state index contributed by atoms with van der Waals surface area (Å²) in [6.07, 6.45) is 2.88. The summed E-state index contributed by atoms with van der Waals surface area (Å²) in [7, 11) is 0. The van der Waals surface area contributed by atoms with E-state index in [1.807, 2.05) is 19.1 Å². The highest BCUT2D eigenvalue weighted by Crippen LogP contribution is 2.15. The van der Waals surface area contributed by atoms with Crippen molar-refractivity contribution in [2.45, 2.75) is 6.92 Å². The number of hydrazine groups is 1. The van der Waals surface area contributed by atoms with Crippen molar-refractivity contribution in [1.29, 1.82) is 0 Å². The maximum absolute atomic E-state index is 12.0. The Balaban J connectivity index is 1.82. The van der Waals surface area contributed by atoms with Crippen molar-refractivity contribution in [1.82, 2.24) is 16.2 Å². The highest BCUT2D eigenvalue weighted by Gasteiger charge is 2.06. The second-order valence-electron chi connectivity index (χ2n) is 5.12. The van der Waals surface area contributed by atoms with Crippen molar-refractivity contribution in [2.24, 2.45) is 0 Å². The number of carbonyl (C=O) groups excluding carboxylic acids is 2. The van der Waals surface area contributed by atoms with E-state index in [-0.39, 0.29) is 11.0 Å². The molecule has 2 amide bonds. The first kappa shape index (κ1) is 18.6. The molecule has 0 saturated carbocycles. The summed E-state index contributed by atoms with van der Waals surface area (Å²) in [6.45, 7) is 1.89. The van der Waals surface area contributed by atoms with Gasteiger partial charge in [-0.25, -0.2) is 0 Å². The Morgan fingerprint density at radius 3 is 2.56 bits per heavy atom. The van der Waals surface area contributed by atoms with Crippen molar-refractivity contribution in [3.8, 4) is 0 Å². The first-order valence-electron chi connectivity index (χ1n) is 7.36. The second kappa shape index (κ2) is 8.96. The zero-order chi connectivity index (χ0) is 18.2. The smallest absolute Gasteiger partial charge is 0.269 e. The van der Waals surface area contributed by atoms with Gasteiger partial charge in [0.05, 0.1) is 0 Å². The van der Waals surface area contributed by atoms with Crippen LogP contribution in [0, 0.1) is 6.92 Å². The lowest BCUT2D eigenvalue weighted by Crippen LogP contribution is -2.48. The molecule has 0 aliphatic rings. The third kappa shape index (κ3) is 6.02. The molecule has 0 bridgehead atoms. The number of amides is 2. The summed E-state index contributed by atoms with van der Waals surface area (Å²) < 4.78 is 0. The number of nitrogens with one attached hydrogen (secondary N) is 3. The summed E-state index contributed by atoms with van der Waals surface area (Å²) in [5.74, 6) is -0.797. The maximum Gasteiger partial charge on any atom is 0.269 e. The highest BCUT2D eigenvalue weighted by molar-refractivity contribution is 7.80. The molecule has 2 aromatic carbocycles. The van der Waals surface area contributed by atoms with Gasteiger partial charge in [0, 0.05) is 16.7 Å². The van der Waals surface area contributed by atoms with Crippen LogP contribution in [0.5, 0.6) is 0 Å². The minimum atomic E-state index is -0.442. The van der Waals surface area contributed by atoms with Crippen molar-refractivity contribution in [3.05, 3.63) is 76.3 Å². The van der Waals surface area contributed by atoms with Gasteiger partial charge in [-0.3, -0.25) is 25.8 Å². The third-order valence-corrected chi connectivity index (χ3v) is 3.67. The minimum absolute atomic E-state index is 0.0187. The van der Waals surface area contributed by atoms with Gasteiger partial charge in [0.25, 0.3) is 5.91 Å². The van der Waals surface area contributed by atoms with E-state index in [1.165, 1.54) is 6.08 Å². The summed E-state index contributed by atoms with van der Waals surface area (Å²) in [6, 6.07) is 14.2. The lowest BCUT2D eigenvalue weighted by Gasteiger charge is -2.10. The van der Waals surface area contributed by atoms with Crippen LogP contribution >= 0.6 is 23.8 Å². The number of aryl methyl sites for hydroxylation is 1. The molecule has 25 heavy (non-hydrogen) atoms. The third-order valence-electron chi connectivity index (χ3n) is 3.13. The van der Waals surface area contributed by atoms with E-state index < -0.39 is 5.91 Å². The van der Waals surface area contributed by atoms with Gasteiger partial charge in [-0.2, -0.15) is 0 Å². The Morgan fingerprint density at radius 2 is 1.84 bits per heavy atom. The topological polar surface area (TPSA) is 70.2 Å². The number of hydrogen-bond acceptors (Lipinski definition) is 3. The largest absolute Gasteiger partial charge is 0.298 e. The molecule has 0 fully saturated rings. The molecular weight excluding hydrogens is 358 g/mol. The molecule has 0 heterocycles. The van der Waals surface area contributed by atoms with Crippen LogP contribution in [0.1, 0.15) is 21.5 Å². The second-order valence-corrected chi connectivity index (χ2v) is 5.94. The molecule has 0 spiro atoms. The van der Waals surface area contributed by atoms with Crippen LogP contribution in [-0.4, -0.2) is 16.9 Å². The molecule has 128 valence electrons. The van der Waals surface area contributed by atoms with Crippen LogP contribution in [0.15, 0.2) is 54.6 Å². The van der Waals surface area contributed by atoms with E-state index in [9.17, 15) is 9.59 Å². The first-order chi connectivity index (χ1) is 12.0. The molecule has 2 rings (SSSR count). The number of rotatable bonds is 3. The number of hydrogen-bond donors (Lipinski definition) is 3. The number of halogens is 1. The Labute approximate surface area is 156 Å². The van der Waals surface area contributed by atoms with Crippen LogP contribution in [0.3, 0.4) is 0 Å². The zero-order valence-electron chi connectivity index (χ0n) is 13.4. The van der Waals surface area contributed by atoms with Crippen LogP contribution < -0.4 is 16.2 Å². The van der Waals surface area contributed by atoms with Crippen LogP contribution in [0.25, 0.3) is 6.08 Å². The van der Waals surface area contributed by atoms with Gasteiger partial charge in [0.15, 0.2) is 5.11 Å². The molecule has 0 aromatic heterocycles. The number of thiocarbonyl (C=S) groups is 1. The summed E-state index contributed by atoms with van der Waals surface area (Å²) in [4.78, 5) is 23.8. The van der Waals surface area contributed by atoms with E-state index in [1.54, 1.807) is 42.5 Å². The molecule has 3 N–H and O–H groups in total. The Morgan fingerprint density at radius 1 is 1.08 bits per heavy atom. The van der Waals surface area contributed by atoms with E-state index in [0.717, 1.165) is 5.56 Å². The average Bonchev–Trinajstić information content (AvgIpc) is 2.59. The molecule has 0 aliphatic heterocycles. The number of carbonyl (C=O) groups is 2. The molecular formula is C18H16ClN3O2S. The molecule has 0 unspecified atom stereocenters. The van der Waals surface area contributed by atoms with Crippen molar-refractivity contribution in [3.63, 3.8) is 0 Å². The Hall–Kier alpha value is -2.70. The fraction of sp³-hybridized carbons (Fsp3) is 0.0556. The fourth-order valence-corrected chi connectivity index (χ4v) is 2.28. The lowest BCUT2D eigenvalue weighted by atomic mass is 10.1. The predicted octanol–water partition coefficient (Wildman–Crippen LogP) is 3.00. The standard InChI is InChI=1S/C18H16ClN3O2S/c1-12-5-4-7-14(11-12)17(24)21-22-18(25)20-16(23)10-9-13-6-2-3-8-15(13)19/h2-11H,1H3,(H,21,24)(H2,20,22,23,25). The van der Waals surface area contributed by atoms with Gasteiger partial charge in [0.2, 0.25) is 5.91 Å². The molecule has 2 aromatic rings. The predicted molar refractivity (Wildman–Crippen MR) is 103 cm³/mol. The average molecular weight is 374 g/mol. The molecule has 0 saturated heterocycles. The SMILES string of the molecule is Cc1cccc(C(=O)NNC(=S)NC(=O)C=Cc2ccccc2Cl)c1. The molecule has 5 nitrogen and oxygen atoms in total. The molecule has 0 aliphatic carbocycles. The summed E-state index contributed by atoms with van der Waals surface area (Å²) in [5.41, 5.74) is 7.07. The van der Waals surface area contributed by atoms with Crippen molar-refractivity contribution >= 4 is 46.8 Å². The van der Waals surface area contributed by atoms with Crippen molar-refractivity contribution in [2.75, 3.05) is 0 Å².